The molecule has 0 radical (unpaired) electrons. The van der Waals surface area contributed by atoms with E-state index in [4.69, 9.17) is 0 Å². The summed E-state index contributed by atoms with van der Waals surface area (Å²) in [5, 5.41) is 3.76. The molecule has 2 saturated heterocycles. The minimum atomic E-state index is -2.60. The van der Waals surface area contributed by atoms with E-state index in [0.717, 1.165) is 18.8 Å². The van der Waals surface area contributed by atoms with Crippen LogP contribution in [-0.4, -0.2) is 48.2 Å². The van der Waals surface area contributed by atoms with Gasteiger partial charge in [0.05, 0.1) is 11.3 Å². The summed E-state index contributed by atoms with van der Waals surface area (Å²) < 4.78 is 27.1. The average Bonchev–Trinajstić information content (AvgIpc) is 3.79. The van der Waals surface area contributed by atoms with Crippen LogP contribution < -0.4 is 15.1 Å². The molecule has 0 atom stereocenters. The Morgan fingerprint density at radius 3 is 2.34 bits per heavy atom. The summed E-state index contributed by atoms with van der Waals surface area (Å²) >= 11 is 1.92. The summed E-state index contributed by atoms with van der Waals surface area (Å²) in [7, 11) is 0. The number of carbonyl (C=O) groups is 1. The number of aromatic nitrogens is 1. The van der Waals surface area contributed by atoms with Gasteiger partial charge in [-0.2, -0.15) is 0 Å². The summed E-state index contributed by atoms with van der Waals surface area (Å²) in [5.41, 5.74) is 2.92. The molecular formula is C27H32F2N4OS. The number of thioether (sulfide) groups is 1. The second kappa shape index (κ2) is 8.95. The van der Waals surface area contributed by atoms with Gasteiger partial charge < -0.3 is 15.1 Å². The number of carbonyl (C=O) groups excluding carboxylic acids is 1. The van der Waals surface area contributed by atoms with Gasteiger partial charge in [-0.25, -0.2) is 13.8 Å². The summed E-state index contributed by atoms with van der Waals surface area (Å²) in [4.78, 5) is 23.3. The van der Waals surface area contributed by atoms with Crippen molar-refractivity contribution in [3.05, 3.63) is 42.1 Å². The van der Waals surface area contributed by atoms with E-state index < -0.39 is 5.92 Å². The first-order valence-corrected chi connectivity index (χ1v) is 13.7. The number of anilines is 3. The van der Waals surface area contributed by atoms with Gasteiger partial charge in [-0.3, -0.25) is 4.79 Å². The minimum Gasteiger partial charge on any atom is -0.371 e. The van der Waals surface area contributed by atoms with E-state index in [1.54, 1.807) is 18.3 Å². The normalized spacial score (nSPS) is 22.8. The topological polar surface area (TPSA) is 48.5 Å². The van der Waals surface area contributed by atoms with E-state index in [9.17, 15) is 13.6 Å². The lowest BCUT2D eigenvalue weighted by Crippen LogP contribution is -2.39. The molecule has 1 N–H and O–H groups in total. The second-order valence-electron chi connectivity index (χ2n) is 10.7. The van der Waals surface area contributed by atoms with Crippen LogP contribution in [0.2, 0.25) is 0 Å². The van der Waals surface area contributed by atoms with Crippen molar-refractivity contribution >= 4 is 34.9 Å². The Bertz CT molecular complexity index is 1100. The van der Waals surface area contributed by atoms with Crippen molar-refractivity contribution in [2.75, 3.05) is 41.3 Å². The van der Waals surface area contributed by atoms with Crippen LogP contribution in [0.5, 0.6) is 0 Å². The number of amides is 1. The third kappa shape index (κ3) is 5.27. The van der Waals surface area contributed by atoms with E-state index in [0.29, 0.717) is 27.7 Å². The van der Waals surface area contributed by atoms with Crippen molar-refractivity contribution in [2.45, 2.75) is 67.4 Å². The van der Waals surface area contributed by atoms with Gasteiger partial charge in [0.1, 0.15) is 5.82 Å². The van der Waals surface area contributed by atoms with Crippen LogP contribution in [0.15, 0.2) is 41.4 Å². The molecule has 2 aliphatic carbocycles. The van der Waals surface area contributed by atoms with Gasteiger partial charge in [0, 0.05) is 67.1 Å². The van der Waals surface area contributed by atoms with Crippen molar-refractivity contribution in [1.82, 2.24) is 4.98 Å². The van der Waals surface area contributed by atoms with Crippen molar-refractivity contribution in [1.29, 1.82) is 0 Å². The molecule has 5 nitrogen and oxygen atoms in total. The summed E-state index contributed by atoms with van der Waals surface area (Å²) in [6.07, 6.45) is 8.95. The maximum absolute atomic E-state index is 13.6. The molecule has 35 heavy (non-hydrogen) atoms. The van der Waals surface area contributed by atoms with E-state index >= 15 is 0 Å². The Kier molecular flexibility index (Phi) is 5.90. The van der Waals surface area contributed by atoms with Crippen molar-refractivity contribution in [3.63, 3.8) is 0 Å². The van der Waals surface area contributed by atoms with Crippen LogP contribution in [0.3, 0.4) is 0 Å². The average molecular weight is 499 g/mol. The summed E-state index contributed by atoms with van der Waals surface area (Å²) in [6.45, 7) is 2.52. The molecule has 1 spiro atoms. The molecule has 4 fully saturated rings. The fourth-order valence-corrected chi connectivity index (χ4v) is 6.33. The van der Waals surface area contributed by atoms with E-state index in [2.05, 4.69) is 27.3 Å². The molecule has 186 valence electrons. The standard InChI is InChI=1S/C27H32F2N4OS/c28-27(29)10-15-33(16-11-27)24-17-19(5-12-30-24)31-25(34)22-4-3-21(35-20-1-2-20)18-23(22)32-13-8-26(6-7-26)9-14-32/h3-5,12,17-18,20H,1-2,6-11,13-16H2,(H,30,31,34). The number of benzene rings is 1. The number of halogens is 2. The molecular weight excluding hydrogens is 466 g/mol. The quantitative estimate of drug-likeness (QED) is 0.514. The third-order valence-electron chi connectivity index (χ3n) is 7.99. The molecule has 2 saturated carbocycles. The summed E-state index contributed by atoms with van der Waals surface area (Å²) in [5.74, 6) is -2.12. The Morgan fingerprint density at radius 2 is 1.66 bits per heavy atom. The number of alkyl halides is 2. The first-order chi connectivity index (χ1) is 16.9. The lowest BCUT2D eigenvalue weighted by Gasteiger charge is -2.35. The minimum absolute atomic E-state index is 0.142. The second-order valence-corrected chi connectivity index (χ2v) is 12.1. The molecule has 4 aliphatic rings. The SMILES string of the molecule is O=C(Nc1ccnc(N2CCC(F)(F)CC2)c1)c1ccc(SC2CC2)cc1N1CCC2(CC1)CC2. The molecule has 3 heterocycles. The van der Waals surface area contributed by atoms with Crippen molar-refractivity contribution < 1.29 is 13.6 Å². The van der Waals surface area contributed by atoms with Gasteiger partial charge in [0.15, 0.2) is 0 Å². The van der Waals surface area contributed by atoms with E-state index in [1.165, 1.54) is 43.4 Å². The highest BCUT2D eigenvalue weighted by Crippen LogP contribution is 2.54. The molecule has 2 aliphatic heterocycles. The predicted octanol–water partition coefficient (Wildman–Crippen LogP) is 6.20. The van der Waals surface area contributed by atoms with Crippen LogP contribution in [0, 0.1) is 5.41 Å². The first kappa shape index (κ1) is 23.1. The summed E-state index contributed by atoms with van der Waals surface area (Å²) in [6, 6.07) is 9.78. The fourth-order valence-electron chi connectivity index (χ4n) is 5.25. The van der Waals surface area contributed by atoms with Crippen LogP contribution in [-0.2, 0) is 0 Å². The molecule has 6 rings (SSSR count). The molecule has 1 aromatic carbocycles. The number of hydrogen-bond donors (Lipinski definition) is 1. The lowest BCUT2D eigenvalue weighted by atomic mass is 9.93. The highest BCUT2D eigenvalue weighted by Gasteiger charge is 2.44. The Hall–Kier alpha value is -2.35. The van der Waals surface area contributed by atoms with Gasteiger partial charge in [0.2, 0.25) is 0 Å². The van der Waals surface area contributed by atoms with Gasteiger partial charge in [-0.15, -0.1) is 11.8 Å². The number of nitrogens with zero attached hydrogens (tertiary/aromatic N) is 3. The van der Waals surface area contributed by atoms with E-state index in [1.807, 2.05) is 22.7 Å². The van der Waals surface area contributed by atoms with Crippen LogP contribution in [0.4, 0.5) is 26.0 Å². The van der Waals surface area contributed by atoms with Crippen LogP contribution >= 0.6 is 11.8 Å². The van der Waals surface area contributed by atoms with Crippen molar-refractivity contribution in [3.8, 4) is 0 Å². The van der Waals surface area contributed by atoms with Crippen LogP contribution in [0.1, 0.15) is 61.7 Å². The number of hydrogen-bond acceptors (Lipinski definition) is 5. The van der Waals surface area contributed by atoms with Gasteiger partial charge in [0.25, 0.3) is 11.8 Å². The number of pyridine rings is 1. The van der Waals surface area contributed by atoms with Crippen LogP contribution in [0.25, 0.3) is 0 Å². The van der Waals surface area contributed by atoms with Gasteiger partial charge >= 0.3 is 0 Å². The molecule has 0 bridgehead atoms. The first-order valence-electron chi connectivity index (χ1n) is 12.8. The lowest BCUT2D eigenvalue weighted by molar-refractivity contribution is -0.0221. The Morgan fingerprint density at radius 1 is 0.943 bits per heavy atom. The van der Waals surface area contributed by atoms with Crippen molar-refractivity contribution in [2.24, 2.45) is 5.41 Å². The highest BCUT2D eigenvalue weighted by atomic mass is 32.2. The third-order valence-corrected chi connectivity index (χ3v) is 9.32. The Balaban J connectivity index is 1.20. The largest absolute Gasteiger partial charge is 0.371 e. The zero-order valence-electron chi connectivity index (χ0n) is 19.9. The number of rotatable bonds is 6. The Labute approximate surface area is 209 Å². The zero-order chi connectivity index (χ0) is 24.0. The highest BCUT2D eigenvalue weighted by molar-refractivity contribution is 8.00. The monoisotopic (exact) mass is 498 g/mol. The van der Waals surface area contributed by atoms with E-state index in [-0.39, 0.29) is 31.8 Å². The van der Waals surface area contributed by atoms with Gasteiger partial charge in [-0.1, -0.05) is 0 Å². The number of nitrogens with one attached hydrogen (secondary N) is 1. The maximum atomic E-state index is 13.6. The molecule has 1 aromatic heterocycles. The predicted molar refractivity (Wildman–Crippen MR) is 137 cm³/mol. The fraction of sp³-hybridized carbons (Fsp3) is 0.556. The number of piperidine rings is 2. The maximum Gasteiger partial charge on any atom is 0.257 e. The molecule has 1 amide bonds. The zero-order valence-corrected chi connectivity index (χ0v) is 20.8. The smallest absolute Gasteiger partial charge is 0.257 e. The molecule has 8 heteroatoms. The molecule has 2 aromatic rings. The molecule has 0 unspecified atom stereocenters. The van der Waals surface area contributed by atoms with Gasteiger partial charge in [-0.05, 0) is 68.2 Å².